The number of hydrogen-bond donors (Lipinski definition) is 3. The summed E-state index contributed by atoms with van der Waals surface area (Å²) in [5.41, 5.74) is 3.00. The summed E-state index contributed by atoms with van der Waals surface area (Å²) >= 11 is 0. The van der Waals surface area contributed by atoms with Crippen LogP contribution in [0.2, 0.25) is 0 Å². The van der Waals surface area contributed by atoms with E-state index in [0.717, 1.165) is 35.2 Å². The third kappa shape index (κ3) is 4.95. The predicted octanol–water partition coefficient (Wildman–Crippen LogP) is 2.06. The average Bonchev–Trinajstić information content (AvgIpc) is 3.35. The van der Waals surface area contributed by atoms with Gasteiger partial charge in [0.15, 0.2) is 0 Å². The maximum absolute atomic E-state index is 12.6. The molecule has 1 aromatic carbocycles. The van der Waals surface area contributed by atoms with Crippen LogP contribution in [-0.2, 0) is 9.59 Å². The number of benzene rings is 1. The normalized spacial score (nSPS) is 19.2. The lowest BCUT2D eigenvalue weighted by molar-refractivity contribution is -0.159. The Bertz CT molecular complexity index is 937. The van der Waals surface area contributed by atoms with Gasteiger partial charge in [-0.1, -0.05) is 18.2 Å². The molecule has 0 bridgehead atoms. The van der Waals surface area contributed by atoms with E-state index in [4.69, 9.17) is 19.8 Å². The molecule has 2 aliphatic heterocycles. The fraction of sp³-hybridized carbons (Fsp3) is 0.476. The van der Waals surface area contributed by atoms with Gasteiger partial charge in [0.2, 0.25) is 0 Å². The second-order valence-corrected chi connectivity index (χ2v) is 7.63. The Balaban J connectivity index is 0.000000353. The zero-order chi connectivity index (χ0) is 21.0. The van der Waals surface area contributed by atoms with Crippen LogP contribution in [0.4, 0.5) is 5.69 Å². The number of aromatic nitrogens is 1. The van der Waals surface area contributed by atoms with Crippen molar-refractivity contribution in [2.75, 3.05) is 31.1 Å². The first-order chi connectivity index (χ1) is 13.9. The van der Waals surface area contributed by atoms with Crippen molar-refractivity contribution in [1.82, 2.24) is 9.88 Å². The van der Waals surface area contributed by atoms with Crippen LogP contribution in [0.1, 0.15) is 31.2 Å². The molecule has 8 nitrogen and oxygen atoms in total. The lowest BCUT2D eigenvalue weighted by Gasteiger charge is -2.29. The lowest BCUT2D eigenvalue weighted by Crippen LogP contribution is -2.41. The zero-order valence-corrected chi connectivity index (χ0v) is 16.6. The molecule has 156 valence electrons. The summed E-state index contributed by atoms with van der Waals surface area (Å²) in [5, 5.41) is 15.9. The molecule has 1 atom stereocenters. The van der Waals surface area contributed by atoms with Gasteiger partial charge < -0.3 is 25.0 Å². The molecule has 0 radical (unpaired) electrons. The van der Waals surface area contributed by atoms with Gasteiger partial charge in [0.25, 0.3) is 5.56 Å². The maximum atomic E-state index is 12.6. The number of aliphatic carboxylic acids is 2. The summed E-state index contributed by atoms with van der Waals surface area (Å²) in [6.45, 7) is 6.59. The molecule has 2 saturated heterocycles. The molecule has 3 heterocycles. The minimum atomic E-state index is -1.82. The van der Waals surface area contributed by atoms with Gasteiger partial charge in [-0.05, 0) is 57.3 Å². The van der Waals surface area contributed by atoms with Crippen molar-refractivity contribution < 1.29 is 19.8 Å². The first kappa shape index (κ1) is 20.9. The van der Waals surface area contributed by atoms with Gasteiger partial charge in [-0.3, -0.25) is 4.79 Å². The number of likely N-dealkylation sites (tertiary alicyclic amines) is 1. The Morgan fingerprint density at radius 3 is 2.45 bits per heavy atom. The molecule has 1 unspecified atom stereocenters. The number of anilines is 1. The smallest absolute Gasteiger partial charge is 0.414 e. The number of H-pyrrole nitrogens is 1. The lowest BCUT2D eigenvalue weighted by atomic mass is 10.1. The number of aryl methyl sites for hydroxylation is 1. The largest absolute Gasteiger partial charge is 0.473 e. The van der Waals surface area contributed by atoms with E-state index in [2.05, 4.69) is 33.0 Å². The SMILES string of the molecule is Cc1cccc2cc(N3CCCC3CN3CCCC3)c(=O)[nH]c12.O=C(O)C(=O)O. The third-order valence-electron chi connectivity index (χ3n) is 5.61. The Morgan fingerprint density at radius 1 is 1.10 bits per heavy atom. The maximum Gasteiger partial charge on any atom is 0.414 e. The molecule has 0 aliphatic carbocycles. The fourth-order valence-electron chi connectivity index (χ4n) is 4.19. The van der Waals surface area contributed by atoms with Crippen LogP contribution >= 0.6 is 0 Å². The van der Waals surface area contributed by atoms with Gasteiger partial charge in [-0.25, -0.2) is 9.59 Å². The van der Waals surface area contributed by atoms with Crippen LogP contribution in [0.15, 0.2) is 29.1 Å². The summed E-state index contributed by atoms with van der Waals surface area (Å²) in [6.07, 6.45) is 5.02. The van der Waals surface area contributed by atoms with Gasteiger partial charge in [-0.15, -0.1) is 0 Å². The summed E-state index contributed by atoms with van der Waals surface area (Å²) in [5.74, 6) is -3.65. The van der Waals surface area contributed by atoms with Crippen LogP contribution in [0.25, 0.3) is 10.9 Å². The van der Waals surface area contributed by atoms with Crippen LogP contribution in [-0.4, -0.2) is 64.3 Å². The average molecular weight is 401 g/mol. The number of carbonyl (C=O) groups is 2. The van der Waals surface area contributed by atoms with Crippen LogP contribution in [0.3, 0.4) is 0 Å². The highest BCUT2D eigenvalue weighted by atomic mass is 16.4. The number of pyridine rings is 1. The molecule has 0 saturated carbocycles. The van der Waals surface area contributed by atoms with Crippen molar-refractivity contribution in [1.29, 1.82) is 0 Å². The van der Waals surface area contributed by atoms with Crippen LogP contribution < -0.4 is 10.5 Å². The van der Waals surface area contributed by atoms with E-state index in [0.29, 0.717) is 6.04 Å². The summed E-state index contributed by atoms with van der Waals surface area (Å²) in [4.78, 5) is 38.9. The number of para-hydroxylation sites is 1. The molecule has 0 amide bonds. The van der Waals surface area contributed by atoms with Crippen molar-refractivity contribution >= 4 is 28.5 Å². The number of hydrogen-bond acceptors (Lipinski definition) is 5. The van der Waals surface area contributed by atoms with Gasteiger partial charge in [0.1, 0.15) is 5.69 Å². The van der Waals surface area contributed by atoms with Gasteiger partial charge in [0.05, 0.1) is 5.52 Å². The molecule has 8 heteroatoms. The highest BCUT2D eigenvalue weighted by molar-refractivity contribution is 6.27. The minimum Gasteiger partial charge on any atom is -0.473 e. The van der Waals surface area contributed by atoms with Crippen LogP contribution in [0, 0.1) is 6.92 Å². The molecular formula is C21H27N3O5. The van der Waals surface area contributed by atoms with Crippen molar-refractivity contribution in [3.8, 4) is 0 Å². The topological polar surface area (TPSA) is 114 Å². The first-order valence-electron chi connectivity index (χ1n) is 9.94. The first-order valence-corrected chi connectivity index (χ1v) is 9.94. The Hall–Kier alpha value is -2.87. The Kier molecular flexibility index (Phi) is 6.53. The molecule has 29 heavy (non-hydrogen) atoms. The highest BCUT2D eigenvalue weighted by Gasteiger charge is 2.29. The number of nitrogens with one attached hydrogen (secondary N) is 1. The van der Waals surface area contributed by atoms with Crippen molar-refractivity contribution in [2.24, 2.45) is 0 Å². The van der Waals surface area contributed by atoms with Crippen molar-refractivity contribution in [3.63, 3.8) is 0 Å². The summed E-state index contributed by atoms with van der Waals surface area (Å²) in [6, 6.07) is 8.77. The van der Waals surface area contributed by atoms with E-state index in [1.165, 1.54) is 38.8 Å². The molecule has 2 fully saturated rings. The fourth-order valence-corrected chi connectivity index (χ4v) is 4.19. The number of fused-ring (bicyclic) bond motifs is 1. The third-order valence-corrected chi connectivity index (χ3v) is 5.61. The standard InChI is InChI=1S/C19H25N3O.C2H2O4/c1-14-6-4-7-15-12-17(19(23)20-18(14)15)22-11-5-8-16(22)13-21-9-2-3-10-21;3-1(4)2(5)6/h4,6-7,12,16H,2-3,5,8-11,13H2,1H3,(H,20,23);(H,3,4)(H,5,6). The number of rotatable bonds is 3. The number of nitrogens with zero attached hydrogens (tertiary/aromatic N) is 2. The molecule has 4 rings (SSSR count). The van der Waals surface area contributed by atoms with Crippen LogP contribution in [0.5, 0.6) is 0 Å². The zero-order valence-electron chi connectivity index (χ0n) is 16.6. The van der Waals surface area contributed by atoms with E-state index in [9.17, 15) is 4.79 Å². The monoisotopic (exact) mass is 401 g/mol. The van der Waals surface area contributed by atoms with Crippen molar-refractivity contribution in [2.45, 2.75) is 38.6 Å². The minimum absolute atomic E-state index is 0.0557. The summed E-state index contributed by atoms with van der Waals surface area (Å²) in [7, 11) is 0. The van der Waals surface area contributed by atoms with Crippen molar-refractivity contribution in [3.05, 3.63) is 40.2 Å². The second-order valence-electron chi connectivity index (χ2n) is 7.63. The van der Waals surface area contributed by atoms with Gasteiger partial charge >= 0.3 is 11.9 Å². The van der Waals surface area contributed by atoms with E-state index < -0.39 is 11.9 Å². The molecule has 2 aromatic rings. The highest BCUT2D eigenvalue weighted by Crippen LogP contribution is 2.27. The van der Waals surface area contributed by atoms with E-state index in [-0.39, 0.29) is 5.56 Å². The number of carboxylic acids is 2. The predicted molar refractivity (Wildman–Crippen MR) is 111 cm³/mol. The Labute approximate surface area is 168 Å². The number of carboxylic acid groups (broad SMARTS) is 2. The Morgan fingerprint density at radius 2 is 1.79 bits per heavy atom. The van der Waals surface area contributed by atoms with Gasteiger partial charge in [0, 0.05) is 24.5 Å². The molecule has 2 aliphatic rings. The van der Waals surface area contributed by atoms with E-state index in [1.807, 2.05) is 13.0 Å². The summed E-state index contributed by atoms with van der Waals surface area (Å²) < 4.78 is 0. The molecule has 3 N–H and O–H groups in total. The molecule has 1 aromatic heterocycles. The van der Waals surface area contributed by atoms with E-state index in [1.54, 1.807) is 0 Å². The quantitative estimate of drug-likeness (QED) is 0.675. The number of aromatic amines is 1. The molecule has 0 spiro atoms. The second kappa shape index (κ2) is 9.09. The van der Waals surface area contributed by atoms with E-state index >= 15 is 0 Å². The molecular weight excluding hydrogens is 374 g/mol. The van der Waals surface area contributed by atoms with Gasteiger partial charge in [-0.2, -0.15) is 0 Å².